The SMILES string of the molecule is CN=C(NCc1nc2ccccc2n1C)N1CCN(c2ccccc2)CC1. The predicted octanol–water partition coefficient (Wildman–Crippen LogP) is 2.47. The van der Waals surface area contributed by atoms with Gasteiger partial charge in [-0.1, -0.05) is 30.3 Å². The Morgan fingerprint density at radius 1 is 1.00 bits per heavy atom. The van der Waals surface area contributed by atoms with Crippen molar-refractivity contribution in [1.82, 2.24) is 19.8 Å². The molecule has 0 aliphatic carbocycles. The zero-order valence-electron chi connectivity index (χ0n) is 16.0. The van der Waals surface area contributed by atoms with Crippen LogP contribution in [0.25, 0.3) is 11.0 Å². The summed E-state index contributed by atoms with van der Waals surface area (Å²) in [5.74, 6) is 1.95. The number of nitrogens with zero attached hydrogens (tertiary/aromatic N) is 5. The summed E-state index contributed by atoms with van der Waals surface area (Å²) in [6.07, 6.45) is 0. The number of guanidine groups is 1. The minimum Gasteiger partial charge on any atom is -0.368 e. The highest BCUT2D eigenvalue weighted by Crippen LogP contribution is 2.16. The van der Waals surface area contributed by atoms with E-state index in [1.165, 1.54) is 5.69 Å². The summed E-state index contributed by atoms with van der Waals surface area (Å²) in [5, 5.41) is 3.49. The van der Waals surface area contributed by atoms with Crippen LogP contribution in [-0.2, 0) is 13.6 Å². The third-order valence-corrected chi connectivity index (χ3v) is 5.20. The van der Waals surface area contributed by atoms with Gasteiger partial charge in [0.2, 0.25) is 0 Å². The number of aromatic nitrogens is 2. The first-order valence-corrected chi connectivity index (χ1v) is 9.42. The summed E-state index contributed by atoms with van der Waals surface area (Å²) in [7, 11) is 3.91. The van der Waals surface area contributed by atoms with Crippen molar-refractivity contribution in [1.29, 1.82) is 0 Å². The Bertz CT molecular complexity index is 922. The van der Waals surface area contributed by atoms with Gasteiger partial charge < -0.3 is 19.7 Å². The van der Waals surface area contributed by atoms with Crippen LogP contribution in [0.1, 0.15) is 5.82 Å². The van der Waals surface area contributed by atoms with Crippen LogP contribution in [0.3, 0.4) is 0 Å². The van der Waals surface area contributed by atoms with E-state index in [2.05, 4.69) is 74.2 Å². The number of para-hydroxylation sites is 3. The predicted molar refractivity (Wildman–Crippen MR) is 111 cm³/mol. The number of hydrogen-bond acceptors (Lipinski definition) is 3. The van der Waals surface area contributed by atoms with Crippen LogP contribution in [-0.4, -0.2) is 53.6 Å². The molecule has 0 spiro atoms. The van der Waals surface area contributed by atoms with Crippen molar-refractivity contribution < 1.29 is 0 Å². The number of fused-ring (bicyclic) bond motifs is 1. The number of nitrogens with one attached hydrogen (secondary N) is 1. The van der Waals surface area contributed by atoms with Gasteiger partial charge in [-0.05, 0) is 24.3 Å². The highest BCUT2D eigenvalue weighted by atomic mass is 15.3. The Morgan fingerprint density at radius 3 is 2.41 bits per heavy atom. The van der Waals surface area contributed by atoms with Crippen LogP contribution in [0.4, 0.5) is 5.69 Å². The summed E-state index contributed by atoms with van der Waals surface area (Å²) in [6.45, 7) is 4.57. The van der Waals surface area contributed by atoms with Crippen LogP contribution in [0.5, 0.6) is 0 Å². The summed E-state index contributed by atoms with van der Waals surface area (Å²) >= 11 is 0. The molecule has 1 aliphatic rings. The molecule has 1 N–H and O–H groups in total. The topological polar surface area (TPSA) is 48.7 Å². The Kier molecular flexibility index (Phi) is 4.96. The fraction of sp³-hybridized carbons (Fsp3) is 0.333. The fourth-order valence-corrected chi connectivity index (χ4v) is 3.66. The van der Waals surface area contributed by atoms with Crippen LogP contribution in [0, 0.1) is 0 Å². The molecule has 1 saturated heterocycles. The van der Waals surface area contributed by atoms with Gasteiger partial charge in [-0.2, -0.15) is 0 Å². The normalized spacial score (nSPS) is 15.4. The maximum absolute atomic E-state index is 4.73. The minimum absolute atomic E-state index is 0.663. The molecule has 0 atom stereocenters. The van der Waals surface area contributed by atoms with Crippen LogP contribution < -0.4 is 10.2 Å². The number of anilines is 1. The molecule has 1 aromatic heterocycles. The average Bonchev–Trinajstić information content (AvgIpc) is 3.05. The first-order chi connectivity index (χ1) is 13.3. The summed E-state index contributed by atoms with van der Waals surface area (Å²) in [5.41, 5.74) is 3.48. The molecule has 140 valence electrons. The van der Waals surface area contributed by atoms with Crippen molar-refractivity contribution in [3.05, 3.63) is 60.4 Å². The lowest BCUT2D eigenvalue weighted by molar-refractivity contribution is 0.372. The largest absolute Gasteiger partial charge is 0.368 e. The molecule has 0 saturated carbocycles. The number of hydrogen-bond donors (Lipinski definition) is 1. The maximum Gasteiger partial charge on any atom is 0.194 e. The summed E-state index contributed by atoms with van der Waals surface area (Å²) in [6, 6.07) is 18.8. The van der Waals surface area contributed by atoms with Gasteiger partial charge in [0.25, 0.3) is 0 Å². The standard InChI is InChI=1S/C21H26N6/c1-22-21(23-16-20-24-18-10-6-7-11-19(18)25(20)2)27-14-12-26(13-15-27)17-8-4-3-5-9-17/h3-11H,12-16H2,1-2H3,(H,22,23). The van der Waals surface area contributed by atoms with Crippen LogP contribution in [0.2, 0.25) is 0 Å². The van der Waals surface area contributed by atoms with E-state index in [0.29, 0.717) is 6.54 Å². The van der Waals surface area contributed by atoms with Crippen molar-refractivity contribution in [3.63, 3.8) is 0 Å². The monoisotopic (exact) mass is 362 g/mol. The molecular formula is C21H26N6. The van der Waals surface area contributed by atoms with E-state index in [0.717, 1.165) is 49.0 Å². The lowest BCUT2D eigenvalue weighted by Gasteiger charge is -2.37. The smallest absolute Gasteiger partial charge is 0.194 e. The number of benzene rings is 2. The van der Waals surface area contributed by atoms with Crippen LogP contribution >= 0.6 is 0 Å². The minimum atomic E-state index is 0.663. The summed E-state index contributed by atoms with van der Waals surface area (Å²) < 4.78 is 2.14. The van der Waals surface area contributed by atoms with E-state index < -0.39 is 0 Å². The van der Waals surface area contributed by atoms with Crippen molar-refractivity contribution in [2.75, 3.05) is 38.1 Å². The lowest BCUT2D eigenvalue weighted by Crippen LogP contribution is -2.52. The molecule has 6 heteroatoms. The first kappa shape index (κ1) is 17.4. The third-order valence-electron chi connectivity index (χ3n) is 5.20. The Labute approximate surface area is 160 Å². The van der Waals surface area contributed by atoms with E-state index in [1.807, 2.05) is 19.2 Å². The van der Waals surface area contributed by atoms with Gasteiger partial charge >= 0.3 is 0 Å². The molecular weight excluding hydrogens is 336 g/mol. The molecule has 1 aliphatic heterocycles. The molecule has 3 aromatic rings. The zero-order chi connectivity index (χ0) is 18.6. The molecule has 2 aromatic carbocycles. The average molecular weight is 362 g/mol. The second-order valence-electron chi connectivity index (χ2n) is 6.79. The third kappa shape index (κ3) is 3.60. The molecule has 0 radical (unpaired) electrons. The second kappa shape index (κ2) is 7.70. The van der Waals surface area contributed by atoms with Crippen molar-refractivity contribution in [2.24, 2.45) is 12.0 Å². The van der Waals surface area contributed by atoms with Gasteiger partial charge in [-0.25, -0.2) is 4.98 Å². The number of aryl methyl sites for hydroxylation is 1. The van der Waals surface area contributed by atoms with Crippen molar-refractivity contribution in [2.45, 2.75) is 6.54 Å². The van der Waals surface area contributed by atoms with Gasteiger partial charge in [0.1, 0.15) is 5.82 Å². The van der Waals surface area contributed by atoms with Gasteiger partial charge in [-0.15, -0.1) is 0 Å². The first-order valence-electron chi connectivity index (χ1n) is 9.42. The lowest BCUT2D eigenvalue weighted by atomic mass is 10.2. The fourth-order valence-electron chi connectivity index (χ4n) is 3.66. The Balaban J connectivity index is 1.38. The number of piperazine rings is 1. The number of rotatable bonds is 3. The molecule has 6 nitrogen and oxygen atoms in total. The van der Waals surface area contributed by atoms with Gasteiger partial charge in [0.15, 0.2) is 5.96 Å². The molecule has 4 rings (SSSR count). The van der Waals surface area contributed by atoms with E-state index >= 15 is 0 Å². The Hall–Kier alpha value is -3.02. The number of aliphatic imine (C=N–C) groups is 1. The molecule has 1 fully saturated rings. The highest BCUT2D eigenvalue weighted by molar-refractivity contribution is 5.80. The van der Waals surface area contributed by atoms with Gasteiger partial charge in [0.05, 0.1) is 17.6 Å². The quantitative estimate of drug-likeness (QED) is 0.574. The molecule has 2 heterocycles. The van der Waals surface area contributed by atoms with Gasteiger partial charge in [0, 0.05) is 46.0 Å². The number of imidazole rings is 1. The summed E-state index contributed by atoms with van der Waals surface area (Å²) in [4.78, 5) is 14.0. The van der Waals surface area contributed by atoms with Gasteiger partial charge in [-0.3, -0.25) is 4.99 Å². The highest BCUT2D eigenvalue weighted by Gasteiger charge is 2.20. The molecule has 0 amide bonds. The van der Waals surface area contributed by atoms with Crippen LogP contribution in [0.15, 0.2) is 59.6 Å². The van der Waals surface area contributed by atoms with E-state index in [1.54, 1.807) is 0 Å². The Morgan fingerprint density at radius 2 is 1.70 bits per heavy atom. The van der Waals surface area contributed by atoms with E-state index in [4.69, 9.17) is 4.98 Å². The molecule has 0 unspecified atom stereocenters. The second-order valence-corrected chi connectivity index (χ2v) is 6.79. The zero-order valence-corrected chi connectivity index (χ0v) is 16.0. The van der Waals surface area contributed by atoms with Crippen molar-refractivity contribution in [3.8, 4) is 0 Å². The maximum atomic E-state index is 4.73. The van der Waals surface area contributed by atoms with E-state index in [-0.39, 0.29) is 0 Å². The van der Waals surface area contributed by atoms with Crippen molar-refractivity contribution >= 4 is 22.7 Å². The molecule has 27 heavy (non-hydrogen) atoms. The molecule has 0 bridgehead atoms. The van der Waals surface area contributed by atoms with E-state index in [9.17, 15) is 0 Å².